The van der Waals surface area contributed by atoms with Gasteiger partial charge in [0.2, 0.25) is 0 Å². The average Bonchev–Trinajstić information content (AvgIpc) is 2.57. The molecule has 0 bridgehead atoms. The van der Waals surface area contributed by atoms with Gasteiger partial charge in [0.05, 0.1) is 5.33 Å². The Hall–Kier alpha value is -2.47. The third-order valence-electron chi connectivity index (χ3n) is 3.77. The molecule has 0 aliphatic carbocycles. The molecule has 5 nitrogen and oxygen atoms in total. The molecule has 1 heterocycles. The molecule has 0 N–H and O–H groups in total. The van der Waals surface area contributed by atoms with Crippen LogP contribution in [0.4, 0.5) is 0 Å². The zero-order chi connectivity index (χ0) is 16.6. The summed E-state index contributed by atoms with van der Waals surface area (Å²) in [4.78, 5) is 12.9. The van der Waals surface area contributed by atoms with Gasteiger partial charge < -0.3 is 10.4 Å². The third-order valence-corrected chi connectivity index (χ3v) is 4.30. The number of alkyl halides is 1. The highest BCUT2D eigenvalue weighted by atomic mass is 79.9. The molecule has 0 unspecified atom stereocenters. The number of aryl methyl sites for hydroxylation is 1. The number of hydrogen-bond donors (Lipinski definition) is 0. The van der Waals surface area contributed by atoms with Gasteiger partial charge in [-0.15, -0.1) is 0 Å². The largest absolute Gasteiger partial charge is 0.618 e. The predicted octanol–water partition coefficient (Wildman–Crippen LogP) is 2.54. The van der Waals surface area contributed by atoms with Crippen molar-refractivity contribution in [1.82, 2.24) is 0 Å². The predicted molar refractivity (Wildman–Crippen MR) is 89.1 cm³/mol. The minimum Gasteiger partial charge on any atom is -0.618 e. The number of halogens is 1. The first-order chi connectivity index (χ1) is 11.1. The first-order valence-electron chi connectivity index (χ1n) is 6.99. The normalized spacial score (nSPS) is 10.9. The van der Waals surface area contributed by atoms with Crippen molar-refractivity contribution in [2.75, 3.05) is 0 Å². The molecule has 6 heteroatoms. The van der Waals surface area contributed by atoms with Crippen molar-refractivity contribution >= 4 is 32.7 Å². The highest BCUT2D eigenvalue weighted by Gasteiger charge is 2.33. The van der Waals surface area contributed by atoms with E-state index < -0.39 is 5.78 Å². The number of carbonyl (C=O) groups excluding carboxylic acids is 1. The van der Waals surface area contributed by atoms with E-state index in [4.69, 9.17) is 0 Å². The van der Waals surface area contributed by atoms with Crippen molar-refractivity contribution < 1.29 is 14.3 Å². The van der Waals surface area contributed by atoms with Crippen LogP contribution in [0.15, 0.2) is 48.5 Å². The van der Waals surface area contributed by atoms with Crippen molar-refractivity contribution in [2.24, 2.45) is 0 Å². The summed E-state index contributed by atoms with van der Waals surface area (Å²) < 4.78 is 1.19. The van der Waals surface area contributed by atoms with Crippen molar-refractivity contribution in [1.29, 1.82) is 0 Å². The molecule has 0 fully saturated rings. The van der Waals surface area contributed by atoms with Gasteiger partial charge in [0.25, 0.3) is 22.5 Å². The minimum atomic E-state index is -0.456. The van der Waals surface area contributed by atoms with Gasteiger partial charge in [0.15, 0.2) is 0 Å². The molecule has 0 amide bonds. The van der Waals surface area contributed by atoms with Crippen LogP contribution in [-0.4, -0.2) is 5.78 Å². The number of rotatable bonds is 3. The van der Waals surface area contributed by atoms with E-state index >= 15 is 0 Å². The van der Waals surface area contributed by atoms with Crippen LogP contribution in [0.5, 0.6) is 0 Å². The van der Waals surface area contributed by atoms with Crippen molar-refractivity contribution in [3.05, 3.63) is 81.5 Å². The number of benzene rings is 2. The van der Waals surface area contributed by atoms with E-state index in [1.807, 2.05) is 6.07 Å². The number of hydrogen-bond acceptors (Lipinski definition) is 3. The lowest BCUT2D eigenvalue weighted by Crippen LogP contribution is -2.47. The van der Waals surface area contributed by atoms with Gasteiger partial charge in [-0.3, -0.25) is 4.79 Å². The van der Waals surface area contributed by atoms with Gasteiger partial charge in [0, 0.05) is 17.7 Å². The Kier molecular flexibility index (Phi) is 4.00. The van der Waals surface area contributed by atoms with E-state index in [9.17, 15) is 15.2 Å². The summed E-state index contributed by atoms with van der Waals surface area (Å²) in [5.74, 6) is -0.456. The smallest absolute Gasteiger partial charge is 0.335 e. The van der Waals surface area contributed by atoms with Gasteiger partial charge in [-0.25, -0.2) is 0 Å². The molecule has 23 heavy (non-hydrogen) atoms. The fourth-order valence-corrected chi connectivity index (χ4v) is 3.08. The maximum absolute atomic E-state index is 12.9. The maximum Gasteiger partial charge on any atom is 0.335 e. The standard InChI is InChI=1S/C17H13BrN2O3/c1-11-6-2-3-7-12(11)17(21)16-15(10-18)19(22)13-8-4-5-9-14(13)20(16)23/h2-9H,10H2,1H3. The molecule has 0 radical (unpaired) electrons. The fraction of sp³-hybridized carbons (Fsp3) is 0.118. The lowest BCUT2D eigenvalue weighted by Gasteiger charge is -2.12. The molecule has 0 aliphatic heterocycles. The molecule has 0 atom stereocenters. The topological polar surface area (TPSA) is 71.0 Å². The molecular formula is C17H13BrN2O3. The molecule has 0 saturated carbocycles. The summed E-state index contributed by atoms with van der Waals surface area (Å²) in [6, 6.07) is 13.4. The summed E-state index contributed by atoms with van der Waals surface area (Å²) in [6.45, 7) is 1.79. The molecule has 3 aromatic rings. The minimum absolute atomic E-state index is 0.104. The fourth-order valence-electron chi connectivity index (χ4n) is 2.58. The third kappa shape index (κ3) is 2.45. The van der Waals surface area contributed by atoms with E-state index in [2.05, 4.69) is 15.9 Å². The molecule has 3 rings (SSSR count). The summed E-state index contributed by atoms with van der Waals surface area (Å²) >= 11 is 3.21. The molecule has 2 aromatic carbocycles. The molecule has 1 aromatic heterocycles. The number of fused-ring (bicyclic) bond motifs is 1. The van der Waals surface area contributed by atoms with Crippen molar-refractivity contribution in [3.8, 4) is 0 Å². The number of nitrogens with zero attached hydrogens (tertiary/aromatic N) is 2. The Morgan fingerprint density at radius 3 is 2.17 bits per heavy atom. The van der Waals surface area contributed by atoms with E-state index in [1.165, 1.54) is 6.07 Å². The lowest BCUT2D eigenvalue weighted by atomic mass is 10.0. The van der Waals surface area contributed by atoms with Gasteiger partial charge in [-0.2, -0.15) is 9.46 Å². The Morgan fingerprint density at radius 2 is 1.57 bits per heavy atom. The van der Waals surface area contributed by atoms with Crippen LogP contribution in [0, 0.1) is 17.3 Å². The molecular weight excluding hydrogens is 360 g/mol. The number of para-hydroxylation sites is 2. The molecule has 0 saturated heterocycles. The van der Waals surface area contributed by atoms with E-state index in [-0.39, 0.29) is 27.8 Å². The van der Waals surface area contributed by atoms with Crippen LogP contribution in [0.2, 0.25) is 0 Å². The first-order valence-corrected chi connectivity index (χ1v) is 8.11. The van der Waals surface area contributed by atoms with Crippen LogP contribution >= 0.6 is 15.9 Å². The maximum atomic E-state index is 12.9. The van der Waals surface area contributed by atoms with E-state index in [0.29, 0.717) is 15.0 Å². The Bertz CT molecular complexity index is 925. The van der Waals surface area contributed by atoms with Crippen LogP contribution < -0.4 is 9.46 Å². The number of aromatic nitrogens is 2. The molecule has 0 aliphatic rings. The summed E-state index contributed by atoms with van der Waals surface area (Å²) in [7, 11) is 0. The zero-order valence-corrected chi connectivity index (χ0v) is 13.9. The zero-order valence-electron chi connectivity index (χ0n) is 12.3. The first kappa shape index (κ1) is 15.4. The van der Waals surface area contributed by atoms with Gasteiger partial charge in [-0.05, 0) is 12.5 Å². The number of ketones is 1. The van der Waals surface area contributed by atoms with Crippen molar-refractivity contribution in [2.45, 2.75) is 12.3 Å². The summed E-state index contributed by atoms with van der Waals surface area (Å²) in [5, 5.41) is 25.4. The average molecular weight is 373 g/mol. The van der Waals surface area contributed by atoms with Gasteiger partial charge >= 0.3 is 5.69 Å². The second kappa shape index (κ2) is 5.96. The summed E-state index contributed by atoms with van der Waals surface area (Å²) in [6.07, 6.45) is 0. The Balaban J connectivity index is 2.35. The summed E-state index contributed by atoms with van der Waals surface area (Å²) in [5.41, 5.74) is 1.53. The van der Waals surface area contributed by atoms with Crippen LogP contribution in [0.25, 0.3) is 11.0 Å². The highest BCUT2D eigenvalue weighted by molar-refractivity contribution is 9.08. The second-order valence-electron chi connectivity index (χ2n) is 5.15. The SMILES string of the molecule is Cc1ccccc1C(=O)c1c(CBr)[n+]([O-])c2ccccc2[n+]1[O-]. The second-order valence-corrected chi connectivity index (χ2v) is 5.71. The quantitative estimate of drug-likeness (QED) is 0.307. The van der Waals surface area contributed by atoms with Crippen LogP contribution in [-0.2, 0) is 5.33 Å². The Morgan fingerprint density at radius 1 is 1.00 bits per heavy atom. The van der Waals surface area contributed by atoms with Crippen LogP contribution in [0.1, 0.15) is 27.3 Å². The number of carbonyl (C=O) groups is 1. The Labute approximate surface area is 141 Å². The lowest BCUT2D eigenvalue weighted by molar-refractivity contribution is -0.635. The van der Waals surface area contributed by atoms with Crippen LogP contribution in [0.3, 0.4) is 0 Å². The highest BCUT2D eigenvalue weighted by Crippen LogP contribution is 2.17. The van der Waals surface area contributed by atoms with Gasteiger partial charge in [0.1, 0.15) is 0 Å². The molecule has 116 valence electrons. The van der Waals surface area contributed by atoms with Gasteiger partial charge in [-0.1, -0.05) is 52.3 Å². The van der Waals surface area contributed by atoms with E-state index in [0.717, 1.165) is 5.56 Å². The van der Waals surface area contributed by atoms with E-state index in [1.54, 1.807) is 43.3 Å². The van der Waals surface area contributed by atoms with Crippen molar-refractivity contribution in [3.63, 3.8) is 0 Å². The molecule has 0 spiro atoms. The monoisotopic (exact) mass is 372 g/mol.